The molecule has 0 radical (unpaired) electrons. The van der Waals surface area contributed by atoms with Crippen LogP contribution in [0.15, 0.2) is 0 Å². The van der Waals surface area contributed by atoms with E-state index in [0.29, 0.717) is 6.04 Å². The molecule has 92 valence electrons. The van der Waals surface area contributed by atoms with Gasteiger partial charge in [0.15, 0.2) is 0 Å². The van der Waals surface area contributed by atoms with E-state index in [1.54, 1.807) is 0 Å². The molecule has 0 aliphatic rings. The second-order valence-electron chi connectivity index (χ2n) is 4.80. The fourth-order valence-corrected chi connectivity index (χ4v) is 1.66. The number of rotatable bonds is 10. The van der Waals surface area contributed by atoms with Gasteiger partial charge in [-0.25, -0.2) is 0 Å². The van der Waals surface area contributed by atoms with Crippen molar-refractivity contribution in [3.05, 3.63) is 0 Å². The average Bonchev–Trinajstić information content (AvgIpc) is 2.15. The van der Waals surface area contributed by atoms with Gasteiger partial charge in [-0.05, 0) is 38.6 Å². The first-order valence-electron chi connectivity index (χ1n) is 6.48. The van der Waals surface area contributed by atoms with Crippen LogP contribution in [0.1, 0.15) is 53.4 Å². The fourth-order valence-electron chi connectivity index (χ4n) is 1.66. The van der Waals surface area contributed by atoms with Crippen molar-refractivity contribution in [2.24, 2.45) is 5.92 Å². The molecule has 2 heteroatoms. The highest BCUT2D eigenvalue weighted by Gasteiger charge is 2.02. The minimum absolute atomic E-state index is 0.639. The summed E-state index contributed by atoms with van der Waals surface area (Å²) in [6, 6.07) is 0.639. The predicted molar refractivity (Wildman–Crippen MR) is 67.3 cm³/mol. The van der Waals surface area contributed by atoms with Crippen LogP contribution in [0, 0.1) is 5.92 Å². The first-order valence-corrected chi connectivity index (χ1v) is 6.48. The molecule has 0 fully saturated rings. The zero-order valence-corrected chi connectivity index (χ0v) is 11.0. The molecular weight excluding hydrogens is 186 g/mol. The molecule has 0 saturated carbocycles. The number of nitrogens with one attached hydrogen (secondary N) is 1. The van der Waals surface area contributed by atoms with Crippen LogP contribution >= 0.6 is 0 Å². The van der Waals surface area contributed by atoms with E-state index in [0.717, 1.165) is 32.1 Å². The zero-order chi connectivity index (χ0) is 11.5. The molecule has 0 rings (SSSR count). The Bertz CT molecular complexity index is 126. The van der Waals surface area contributed by atoms with Gasteiger partial charge in [0.1, 0.15) is 0 Å². The summed E-state index contributed by atoms with van der Waals surface area (Å²) in [6.45, 7) is 11.9. The normalized spacial score (nSPS) is 13.4. The van der Waals surface area contributed by atoms with Gasteiger partial charge in [0.25, 0.3) is 0 Å². The lowest BCUT2D eigenvalue weighted by Gasteiger charge is -2.15. The van der Waals surface area contributed by atoms with E-state index < -0.39 is 0 Å². The molecule has 15 heavy (non-hydrogen) atoms. The van der Waals surface area contributed by atoms with Gasteiger partial charge in [-0.1, -0.05) is 27.2 Å². The third-order valence-corrected chi connectivity index (χ3v) is 2.43. The van der Waals surface area contributed by atoms with Crippen LogP contribution in [0.25, 0.3) is 0 Å². The molecule has 0 aliphatic heterocycles. The highest BCUT2D eigenvalue weighted by molar-refractivity contribution is 4.62. The van der Waals surface area contributed by atoms with Gasteiger partial charge in [-0.15, -0.1) is 0 Å². The maximum absolute atomic E-state index is 5.50. The maximum Gasteiger partial charge on any atom is 0.0478 e. The Morgan fingerprint density at radius 3 is 2.33 bits per heavy atom. The van der Waals surface area contributed by atoms with E-state index in [4.69, 9.17) is 4.74 Å². The molecule has 0 amide bonds. The first-order chi connectivity index (χ1) is 7.16. The second-order valence-corrected chi connectivity index (χ2v) is 4.80. The van der Waals surface area contributed by atoms with Gasteiger partial charge in [0, 0.05) is 19.3 Å². The number of unbranched alkanes of at least 4 members (excludes halogenated alkanes) is 1. The van der Waals surface area contributed by atoms with Gasteiger partial charge in [-0.2, -0.15) is 0 Å². The molecule has 0 bridgehead atoms. The summed E-state index contributed by atoms with van der Waals surface area (Å²) in [5.41, 5.74) is 0. The standard InChI is InChI=1S/C13H29NO/c1-5-6-9-15-10-7-8-14-13(4)11-12(2)3/h12-14H,5-11H2,1-4H3. The Balaban J connectivity index is 3.09. The van der Waals surface area contributed by atoms with Crippen molar-refractivity contribution in [1.29, 1.82) is 0 Å². The monoisotopic (exact) mass is 215 g/mol. The van der Waals surface area contributed by atoms with Gasteiger partial charge in [-0.3, -0.25) is 0 Å². The van der Waals surface area contributed by atoms with Crippen molar-refractivity contribution in [2.45, 2.75) is 59.4 Å². The van der Waals surface area contributed by atoms with Crippen molar-refractivity contribution >= 4 is 0 Å². The summed E-state index contributed by atoms with van der Waals surface area (Å²) < 4.78 is 5.50. The summed E-state index contributed by atoms with van der Waals surface area (Å²) in [5, 5.41) is 3.52. The molecule has 1 unspecified atom stereocenters. The summed E-state index contributed by atoms with van der Waals surface area (Å²) >= 11 is 0. The maximum atomic E-state index is 5.50. The molecular formula is C13H29NO. The molecule has 1 atom stereocenters. The third-order valence-electron chi connectivity index (χ3n) is 2.43. The van der Waals surface area contributed by atoms with Crippen LogP contribution in [0.4, 0.5) is 0 Å². The fraction of sp³-hybridized carbons (Fsp3) is 1.00. The predicted octanol–water partition coefficient (Wildman–Crippen LogP) is 3.22. The molecule has 1 N–H and O–H groups in total. The van der Waals surface area contributed by atoms with Gasteiger partial charge in [0.05, 0.1) is 0 Å². The molecule has 0 aliphatic carbocycles. The van der Waals surface area contributed by atoms with Gasteiger partial charge < -0.3 is 10.1 Å². The summed E-state index contributed by atoms with van der Waals surface area (Å²) in [5.74, 6) is 0.785. The van der Waals surface area contributed by atoms with Crippen molar-refractivity contribution in [3.8, 4) is 0 Å². The lowest BCUT2D eigenvalue weighted by molar-refractivity contribution is 0.128. The molecule has 0 aromatic carbocycles. The lowest BCUT2D eigenvalue weighted by Crippen LogP contribution is -2.28. The molecule has 0 spiro atoms. The van der Waals surface area contributed by atoms with Crippen LogP contribution in [-0.4, -0.2) is 25.8 Å². The largest absolute Gasteiger partial charge is 0.381 e. The molecule has 2 nitrogen and oxygen atoms in total. The Morgan fingerprint density at radius 1 is 1.07 bits per heavy atom. The summed E-state index contributed by atoms with van der Waals surface area (Å²) in [4.78, 5) is 0. The van der Waals surface area contributed by atoms with Crippen LogP contribution < -0.4 is 5.32 Å². The van der Waals surface area contributed by atoms with E-state index in [9.17, 15) is 0 Å². The number of hydrogen-bond acceptors (Lipinski definition) is 2. The second kappa shape index (κ2) is 10.4. The lowest BCUT2D eigenvalue weighted by atomic mass is 10.1. The Morgan fingerprint density at radius 2 is 1.73 bits per heavy atom. The van der Waals surface area contributed by atoms with E-state index in [2.05, 4.69) is 33.0 Å². The topological polar surface area (TPSA) is 21.3 Å². The van der Waals surface area contributed by atoms with E-state index in [-0.39, 0.29) is 0 Å². The highest BCUT2D eigenvalue weighted by Crippen LogP contribution is 2.03. The van der Waals surface area contributed by atoms with E-state index >= 15 is 0 Å². The van der Waals surface area contributed by atoms with Crippen molar-refractivity contribution in [2.75, 3.05) is 19.8 Å². The van der Waals surface area contributed by atoms with E-state index in [1.807, 2.05) is 0 Å². The first kappa shape index (κ1) is 14.9. The average molecular weight is 215 g/mol. The Labute approximate surface area is 95.8 Å². The van der Waals surface area contributed by atoms with Crippen molar-refractivity contribution in [1.82, 2.24) is 5.32 Å². The smallest absolute Gasteiger partial charge is 0.0478 e. The highest BCUT2D eigenvalue weighted by atomic mass is 16.5. The summed E-state index contributed by atoms with van der Waals surface area (Å²) in [7, 11) is 0. The number of hydrogen-bond donors (Lipinski definition) is 1. The molecule has 0 aromatic heterocycles. The van der Waals surface area contributed by atoms with Crippen molar-refractivity contribution in [3.63, 3.8) is 0 Å². The van der Waals surface area contributed by atoms with Crippen LogP contribution in [0.3, 0.4) is 0 Å². The van der Waals surface area contributed by atoms with Crippen LogP contribution in [-0.2, 0) is 4.74 Å². The van der Waals surface area contributed by atoms with Crippen molar-refractivity contribution < 1.29 is 4.74 Å². The van der Waals surface area contributed by atoms with Crippen LogP contribution in [0.5, 0.6) is 0 Å². The summed E-state index contributed by atoms with van der Waals surface area (Å²) in [6.07, 6.45) is 4.81. The molecule has 0 heterocycles. The molecule has 0 saturated heterocycles. The Kier molecular flexibility index (Phi) is 10.4. The quantitative estimate of drug-likeness (QED) is 0.565. The van der Waals surface area contributed by atoms with Crippen LogP contribution in [0.2, 0.25) is 0 Å². The number of ether oxygens (including phenoxy) is 1. The molecule has 0 aromatic rings. The van der Waals surface area contributed by atoms with Gasteiger partial charge in [0.2, 0.25) is 0 Å². The minimum atomic E-state index is 0.639. The van der Waals surface area contributed by atoms with Gasteiger partial charge >= 0.3 is 0 Å². The zero-order valence-electron chi connectivity index (χ0n) is 11.0. The van der Waals surface area contributed by atoms with E-state index in [1.165, 1.54) is 19.3 Å². The Hall–Kier alpha value is -0.0800. The third kappa shape index (κ3) is 11.8. The minimum Gasteiger partial charge on any atom is -0.381 e. The SMILES string of the molecule is CCCCOCCCNC(C)CC(C)C.